The zero-order valence-electron chi connectivity index (χ0n) is 11.8. The van der Waals surface area contributed by atoms with E-state index in [1.54, 1.807) is 0 Å². The van der Waals surface area contributed by atoms with E-state index in [0.717, 1.165) is 29.0 Å². The quantitative estimate of drug-likeness (QED) is 0.720. The van der Waals surface area contributed by atoms with Gasteiger partial charge in [-0.2, -0.15) is 0 Å². The molecule has 0 bridgehead atoms. The van der Waals surface area contributed by atoms with Crippen LogP contribution < -0.4 is 5.73 Å². The Morgan fingerprint density at radius 1 is 1.10 bits per heavy atom. The summed E-state index contributed by atoms with van der Waals surface area (Å²) in [7, 11) is 0. The molecule has 0 aliphatic heterocycles. The predicted octanol–water partition coefficient (Wildman–Crippen LogP) is 4.28. The van der Waals surface area contributed by atoms with Crippen molar-refractivity contribution in [2.45, 2.75) is 20.3 Å². The first-order chi connectivity index (χ1) is 9.63. The molecule has 0 saturated heterocycles. The number of oxazole rings is 1. The molecule has 3 nitrogen and oxygen atoms in total. The maximum Gasteiger partial charge on any atom is 0.195 e. The maximum absolute atomic E-state index is 6.10. The summed E-state index contributed by atoms with van der Waals surface area (Å²) in [6.45, 7) is 4.29. The Morgan fingerprint density at radius 3 is 2.55 bits per heavy atom. The fourth-order valence-electron chi connectivity index (χ4n) is 2.34. The summed E-state index contributed by atoms with van der Waals surface area (Å²) in [5.74, 6) is 1.27. The van der Waals surface area contributed by atoms with Crippen molar-refractivity contribution in [2.75, 3.05) is 5.73 Å². The van der Waals surface area contributed by atoms with Gasteiger partial charge in [-0.15, -0.1) is 0 Å². The second-order valence-corrected chi connectivity index (χ2v) is 5.49. The van der Waals surface area contributed by atoms with Gasteiger partial charge in [-0.3, -0.25) is 0 Å². The van der Waals surface area contributed by atoms with Crippen LogP contribution in [0.25, 0.3) is 22.2 Å². The number of nitrogen functional groups attached to an aromatic ring is 1. The third-order valence-corrected chi connectivity index (χ3v) is 3.25. The lowest BCUT2D eigenvalue weighted by atomic mass is 10.0. The van der Waals surface area contributed by atoms with Gasteiger partial charge in [-0.25, -0.2) is 4.98 Å². The molecule has 0 amide bonds. The van der Waals surface area contributed by atoms with Crippen LogP contribution in [0, 0.1) is 5.92 Å². The molecule has 0 radical (unpaired) electrons. The van der Waals surface area contributed by atoms with Gasteiger partial charge in [-0.1, -0.05) is 44.2 Å². The lowest BCUT2D eigenvalue weighted by molar-refractivity contribution is 0.483. The minimum absolute atomic E-state index is 0.512. The molecule has 0 unspecified atom stereocenters. The van der Waals surface area contributed by atoms with E-state index in [4.69, 9.17) is 10.2 Å². The summed E-state index contributed by atoms with van der Waals surface area (Å²) < 4.78 is 5.76. The highest BCUT2D eigenvalue weighted by Gasteiger charge is 2.12. The first-order valence-corrected chi connectivity index (χ1v) is 6.88. The molecule has 3 rings (SSSR count). The Labute approximate surface area is 118 Å². The van der Waals surface area contributed by atoms with Crippen molar-refractivity contribution in [3.05, 3.63) is 48.4 Å². The number of fused-ring (bicyclic) bond motifs is 1. The summed E-state index contributed by atoms with van der Waals surface area (Å²) in [4.78, 5) is 4.55. The third-order valence-electron chi connectivity index (χ3n) is 3.25. The average Bonchev–Trinajstić information content (AvgIpc) is 2.82. The van der Waals surface area contributed by atoms with Crippen LogP contribution in [0.1, 0.15) is 19.7 Å². The molecule has 2 aromatic carbocycles. The van der Waals surface area contributed by atoms with Crippen LogP contribution in [0.4, 0.5) is 5.69 Å². The fraction of sp³-hybridized carbons (Fsp3) is 0.235. The number of rotatable bonds is 3. The van der Waals surface area contributed by atoms with E-state index in [9.17, 15) is 0 Å². The Balaban J connectivity index is 2.09. The highest BCUT2D eigenvalue weighted by Crippen LogP contribution is 2.30. The van der Waals surface area contributed by atoms with E-state index < -0.39 is 0 Å². The maximum atomic E-state index is 6.10. The molecule has 0 fully saturated rings. The number of aromatic nitrogens is 1. The predicted molar refractivity (Wildman–Crippen MR) is 82.4 cm³/mol. The van der Waals surface area contributed by atoms with Crippen molar-refractivity contribution in [2.24, 2.45) is 5.92 Å². The molecule has 0 spiro atoms. The second kappa shape index (κ2) is 5.00. The number of hydrogen-bond acceptors (Lipinski definition) is 3. The zero-order valence-corrected chi connectivity index (χ0v) is 11.8. The first-order valence-electron chi connectivity index (χ1n) is 6.88. The standard InChI is InChI=1S/C17H18N2O/c1-11(2)8-16-19-15-10-13(9-14(18)17(15)20-16)12-6-4-3-5-7-12/h3-7,9-11H,8,18H2,1-2H3. The normalized spacial score (nSPS) is 11.3. The zero-order chi connectivity index (χ0) is 14.1. The summed E-state index contributed by atoms with van der Waals surface area (Å²) in [5.41, 5.74) is 10.5. The Morgan fingerprint density at radius 2 is 1.85 bits per heavy atom. The largest absolute Gasteiger partial charge is 0.439 e. The van der Waals surface area contributed by atoms with Crippen LogP contribution >= 0.6 is 0 Å². The topological polar surface area (TPSA) is 52.0 Å². The van der Waals surface area contributed by atoms with Gasteiger partial charge < -0.3 is 10.2 Å². The van der Waals surface area contributed by atoms with Gasteiger partial charge in [0.1, 0.15) is 5.52 Å². The minimum Gasteiger partial charge on any atom is -0.439 e. The molecule has 0 atom stereocenters. The van der Waals surface area contributed by atoms with Crippen LogP contribution in [0.15, 0.2) is 46.9 Å². The summed E-state index contributed by atoms with van der Waals surface area (Å²) >= 11 is 0. The van der Waals surface area contributed by atoms with Gasteiger partial charge in [0, 0.05) is 6.42 Å². The molecule has 1 heterocycles. The molecule has 102 valence electrons. The van der Waals surface area contributed by atoms with Gasteiger partial charge in [-0.05, 0) is 29.2 Å². The molecule has 0 saturated carbocycles. The van der Waals surface area contributed by atoms with Crippen LogP contribution in [-0.2, 0) is 6.42 Å². The molecular formula is C17H18N2O. The molecule has 0 aliphatic carbocycles. The van der Waals surface area contributed by atoms with E-state index in [1.165, 1.54) is 0 Å². The van der Waals surface area contributed by atoms with E-state index in [2.05, 4.69) is 31.0 Å². The fourth-order valence-corrected chi connectivity index (χ4v) is 2.34. The van der Waals surface area contributed by atoms with Gasteiger partial charge in [0.25, 0.3) is 0 Å². The highest BCUT2D eigenvalue weighted by atomic mass is 16.3. The highest BCUT2D eigenvalue weighted by molar-refractivity contribution is 5.90. The molecule has 20 heavy (non-hydrogen) atoms. The smallest absolute Gasteiger partial charge is 0.195 e. The summed E-state index contributed by atoms with van der Waals surface area (Å²) in [6, 6.07) is 14.1. The lowest BCUT2D eigenvalue weighted by Gasteiger charge is -2.02. The van der Waals surface area contributed by atoms with Crippen molar-refractivity contribution in [1.82, 2.24) is 4.98 Å². The molecular weight excluding hydrogens is 248 g/mol. The Bertz CT molecular complexity index is 729. The van der Waals surface area contributed by atoms with Crippen molar-refractivity contribution in [1.29, 1.82) is 0 Å². The molecule has 2 N–H and O–H groups in total. The third kappa shape index (κ3) is 2.39. The number of nitrogens with two attached hydrogens (primary N) is 1. The molecule has 3 aromatic rings. The minimum atomic E-state index is 0.512. The Kier molecular flexibility index (Phi) is 3.18. The van der Waals surface area contributed by atoms with Crippen LogP contribution in [0.5, 0.6) is 0 Å². The SMILES string of the molecule is CC(C)Cc1nc2cc(-c3ccccc3)cc(N)c2o1. The van der Waals surface area contributed by atoms with Crippen molar-refractivity contribution in [3.63, 3.8) is 0 Å². The Hall–Kier alpha value is -2.29. The van der Waals surface area contributed by atoms with Crippen LogP contribution in [0.2, 0.25) is 0 Å². The average molecular weight is 266 g/mol. The van der Waals surface area contributed by atoms with E-state index in [1.807, 2.05) is 30.3 Å². The lowest BCUT2D eigenvalue weighted by Crippen LogP contribution is -1.93. The van der Waals surface area contributed by atoms with Crippen molar-refractivity contribution >= 4 is 16.8 Å². The van der Waals surface area contributed by atoms with Gasteiger partial charge in [0.05, 0.1) is 5.69 Å². The molecule has 3 heteroatoms. The van der Waals surface area contributed by atoms with Crippen molar-refractivity contribution in [3.8, 4) is 11.1 Å². The van der Waals surface area contributed by atoms with Gasteiger partial charge in [0.15, 0.2) is 11.5 Å². The molecule has 1 aromatic heterocycles. The number of benzene rings is 2. The van der Waals surface area contributed by atoms with Crippen LogP contribution in [-0.4, -0.2) is 4.98 Å². The summed E-state index contributed by atoms with van der Waals surface area (Å²) in [6.07, 6.45) is 0.828. The number of hydrogen-bond donors (Lipinski definition) is 1. The van der Waals surface area contributed by atoms with E-state index in [-0.39, 0.29) is 0 Å². The van der Waals surface area contributed by atoms with E-state index >= 15 is 0 Å². The number of nitrogens with zero attached hydrogens (tertiary/aromatic N) is 1. The summed E-state index contributed by atoms with van der Waals surface area (Å²) in [5, 5.41) is 0. The number of anilines is 1. The monoisotopic (exact) mass is 266 g/mol. The first kappa shape index (κ1) is 12.7. The van der Waals surface area contributed by atoms with Crippen LogP contribution in [0.3, 0.4) is 0 Å². The van der Waals surface area contributed by atoms with Crippen molar-refractivity contribution < 1.29 is 4.42 Å². The van der Waals surface area contributed by atoms with E-state index in [0.29, 0.717) is 17.2 Å². The second-order valence-electron chi connectivity index (χ2n) is 5.49. The van der Waals surface area contributed by atoms with Gasteiger partial charge in [0.2, 0.25) is 0 Å². The van der Waals surface area contributed by atoms with Gasteiger partial charge >= 0.3 is 0 Å². The molecule has 0 aliphatic rings.